The van der Waals surface area contributed by atoms with Crippen LogP contribution in [0.5, 0.6) is 5.75 Å². The molecule has 0 radical (unpaired) electrons. The molecule has 5 heteroatoms. The van der Waals surface area contributed by atoms with Crippen LogP contribution in [-0.4, -0.2) is 18.6 Å². The van der Waals surface area contributed by atoms with Crippen LogP contribution in [0.25, 0.3) is 0 Å². The minimum absolute atomic E-state index is 0.220. The molecule has 0 spiro atoms. The number of nitriles is 1. The molecule has 0 saturated carbocycles. The van der Waals surface area contributed by atoms with Gasteiger partial charge in [0, 0.05) is 12.0 Å². The van der Waals surface area contributed by atoms with Crippen LogP contribution in [0.4, 0.5) is 5.69 Å². The maximum atomic E-state index is 11.9. The van der Waals surface area contributed by atoms with Gasteiger partial charge in [-0.1, -0.05) is 19.9 Å². The number of amides is 1. The molecule has 0 aliphatic carbocycles. The zero-order chi connectivity index (χ0) is 14.2. The molecule has 1 heterocycles. The monoisotopic (exact) mass is 259 g/mol. The van der Waals surface area contributed by atoms with E-state index < -0.39 is 6.10 Å². The Morgan fingerprint density at radius 1 is 1.53 bits per heavy atom. The summed E-state index contributed by atoms with van der Waals surface area (Å²) in [5.74, 6) is 0.197. The number of rotatable bonds is 2. The molecule has 1 aliphatic rings. The Kier molecular flexibility index (Phi) is 3.21. The largest absolute Gasteiger partial charge is 0.479 e. The Morgan fingerprint density at radius 2 is 2.21 bits per heavy atom. The van der Waals surface area contributed by atoms with Crippen molar-refractivity contribution in [2.75, 3.05) is 11.4 Å². The fourth-order valence-corrected chi connectivity index (χ4v) is 1.98. The first-order valence-corrected chi connectivity index (χ1v) is 6.15. The highest BCUT2D eigenvalue weighted by molar-refractivity contribution is 6.02. The van der Waals surface area contributed by atoms with Crippen LogP contribution in [0.1, 0.15) is 26.3 Å². The topological polar surface area (TPSA) is 79.3 Å². The third-order valence-electron chi connectivity index (χ3n) is 3.46. The highest BCUT2D eigenvalue weighted by Crippen LogP contribution is 2.37. The van der Waals surface area contributed by atoms with Gasteiger partial charge in [0.2, 0.25) is 0 Å². The molecular formula is C14H17N3O2. The van der Waals surface area contributed by atoms with Gasteiger partial charge in [-0.3, -0.25) is 4.79 Å². The summed E-state index contributed by atoms with van der Waals surface area (Å²) in [6.07, 6.45) is 1.27. The van der Waals surface area contributed by atoms with E-state index in [9.17, 15) is 4.79 Å². The zero-order valence-electron chi connectivity index (χ0n) is 11.3. The first-order valence-electron chi connectivity index (χ1n) is 6.15. The Bertz CT molecular complexity index is 560. The van der Waals surface area contributed by atoms with Gasteiger partial charge in [-0.25, -0.2) is 4.90 Å². The molecule has 0 aromatic heterocycles. The van der Waals surface area contributed by atoms with Gasteiger partial charge in [0.25, 0.3) is 5.91 Å². The van der Waals surface area contributed by atoms with E-state index in [0.717, 1.165) is 10.5 Å². The van der Waals surface area contributed by atoms with Crippen molar-refractivity contribution < 1.29 is 9.53 Å². The van der Waals surface area contributed by atoms with Crippen LogP contribution in [0, 0.1) is 11.5 Å². The molecule has 0 saturated heterocycles. The van der Waals surface area contributed by atoms with Crippen LogP contribution in [0.3, 0.4) is 0 Å². The van der Waals surface area contributed by atoms with E-state index >= 15 is 0 Å². The fraction of sp³-hybridized carbons (Fsp3) is 0.429. The van der Waals surface area contributed by atoms with Crippen molar-refractivity contribution in [3.05, 3.63) is 23.8 Å². The molecule has 1 aliphatic heterocycles. The number of anilines is 1. The molecule has 100 valence electrons. The number of carbonyl (C=O) groups is 1. The van der Waals surface area contributed by atoms with Crippen molar-refractivity contribution in [1.29, 1.82) is 5.26 Å². The van der Waals surface area contributed by atoms with Crippen LogP contribution >= 0.6 is 0 Å². The van der Waals surface area contributed by atoms with Gasteiger partial charge in [-0.05, 0) is 24.6 Å². The van der Waals surface area contributed by atoms with Crippen LogP contribution in [0.2, 0.25) is 0 Å². The second-order valence-corrected chi connectivity index (χ2v) is 5.30. The minimum atomic E-state index is -0.638. The summed E-state index contributed by atoms with van der Waals surface area (Å²) in [7, 11) is 0. The quantitative estimate of drug-likeness (QED) is 0.817. The number of hydrogen-bond acceptors (Lipinski definition) is 4. The first-order chi connectivity index (χ1) is 8.90. The van der Waals surface area contributed by atoms with Crippen LogP contribution in [-0.2, 0) is 10.2 Å². The lowest BCUT2D eigenvalue weighted by atomic mass is 9.84. The number of ether oxygens (including phenoxy) is 1. The van der Waals surface area contributed by atoms with Crippen LogP contribution < -0.4 is 15.4 Å². The van der Waals surface area contributed by atoms with E-state index in [1.54, 1.807) is 19.1 Å². The SMILES string of the molecule is CC1Oc2ccc(C(C)(C)CN)cc2N(C#N)C1=O. The molecule has 1 aromatic carbocycles. The van der Waals surface area contributed by atoms with Crippen molar-refractivity contribution in [3.63, 3.8) is 0 Å². The summed E-state index contributed by atoms with van der Waals surface area (Å²) in [6.45, 7) is 6.13. The highest BCUT2D eigenvalue weighted by atomic mass is 16.5. The van der Waals surface area contributed by atoms with Gasteiger partial charge in [-0.2, -0.15) is 5.26 Å². The number of hydrogen-bond donors (Lipinski definition) is 1. The van der Waals surface area contributed by atoms with E-state index in [1.807, 2.05) is 26.1 Å². The summed E-state index contributed by atoms with van der Waals surface area (Å²) in [6, 6.07) is 5.51. The van der Waals surface area contributed by atoms with Gasteiger partial charge < -0.3 is 10.5 Å². The van der Waals surface area contributed by atoms with Crippen molar-refractivity contribution in [3.8, 4) is 11.9 Å². The number of carbonyl (C=O) groups excluding carboxylic acids is 1. The lowest BCUT2D eigenvalue weighted by molar-refractivity contribution is -0.124. The van der Waals surface area contributed by atoms with Gasteiger partial charge in [0.15, 0.2) is 12.3 Å². The Balaban J connectivity index is 2.53. The average Bonchev–Trinajstić information content (AvgIpc) is 2.40. The summed E-state index contributed by atoms with van der Waals surface area (Å²) in [5.41, 5.74) is 7.00. The predicted molar refractivity (Wildman–Crippen MR) is 71.7 cm³/mol. The average molecular weight is 259 g/mol. The van der Waals surface area contributed by atoms with E-state index in [-0.39, 0.29) is 11.3 Å². The number of fused-ring (bicyclic) bond motifs is 1. The molecule has 1 unspecified atom stereocenters. The zero-order valence-corrected chi connectivity index (χ0v) is 11.3. The Morgan fingerprint density at radius 3 is 2.79 bits per heavy atom. The molecule has 2 N–H and O–H groups in total. The van der Waals surface area contributed by atoms with Crippen molar-refractivity contribution in [2.45, 2.75) is 32.3 Å². The van der Waals surface area contributed by atoms with Gasteiger partial charge in [0.05, 0.1) is 0 Å². The Hall–Kier alpha value is -2.06. The van der Waals surface area contributed by atoms with E-state index in [4.69, 9.17) is 15.7 Å². The number of nitrogens with two attached hydrogens (primary N) is 1. The van der Waals surface area contributed by atoms with Gasteiger partial charge in [-0.15, -0.1) is 0 Å². The van der Waals surface area contributed by atoms with Gasteiger partial charge >= 0.3 is 0 Å². The molecule has 1 atom stereocenters. The second kappa shape index (κ2) is 4.56. The number of nitrogens with zero attached hydrogens (tertiary/aromatic N) is 2. The van der Waals surface area contributed by atoms with E-state index in [2.05, 4.69) is 0 Å². The first kappa shape index (κ1) is 13.4. The summed E-state index contributed by atoms with van der Waals surface area (Å²) in [4.78, 5) is 13.0. The molecule has 19 heavy (non-hydrogen) atoms. The van der Waals surface area contributed by atoms with Crippen molar-refractivity contribution in [1.82, 2.24) is 0 Å². The second-order valence-electron chi connectivity index (χ2n) is 5.30. The van der Waals surface area contributed by atoms with E-state index in [0.29, 0.717) is 18.0 Å². The Labute approximate surface area is 112 Å². The summed E-state index contributed by atoms with van der Waals surface area (Å²) < 4.78 is 5.50. The fourth-order valence-electron chi connectivity index (χ4n) is 1.98. The molecule has 1 aromatic rings. The minimum Gasteiger partial charge on any atom is -0.479 e. The summed E-state index contributed by atoms with van der Waals surface area (Å²) >= 11 is 0. The molecule has 0 fully saturated rings. The lowest BCUT2D eigenvalue weighted by Gasteiger charge is -2.30. The molecular weight excluding hydrogens is 242 g/mol. The molecule has 0 bridgehead atoms. The summed E-state index contributed by atoms with van der Waals surface area (Å²) in [5, 5.41) is 9.15. The standard InChI is InChI=1S/C14H17N3O2/c1-9-13(18)17(8-16)11-6-10(14(2,3)7-15)4-5-12(11)19-9/h4-6,9H,7,15H2,1-3H3. The number of benzene rings is 1. The smallest absolute Gasteiger partial charge is 0.281 e. The maximum Gasteiger partial charge on any atom is 0.281 e. The predicted octanol–water partition coefficient (Wildman–Crippen LogP) is 1.52. The maximum absolute atomic E-state index is 11.9. The normalized spacial score (nSPS) is 18.6. The molecule has 1 amide bonds. The van der Waals surface area contributed by atoms with Crippen molar-refractivity contribution in [2.24, 2.45) is 5.73 Å². The van der Waals surface area contributed by atoms with E-state index in [1.165, 1.54) is 0 Å². The highest BCUT2D eigenvalue weighted by Gasteiger charge is 2.33. The lowest BCUT2D eigenvalue weighted by Crippen LogP contribution is -2.42. The van der Waals surface area contributed by atoms with Crippen molar-refractivity contribution >= 4 is 11.6 Å². The van der Waals surface area contributed by atoms with Gasteiger partial charge in [0.1, 0.15) is 11.4 Å². The molecule has 2 rings (SSSR count). The third-order valence-corrected chi connectivity index (χ3v) is 3.46. The molecule has 5 nitrogen and oxygen atoms in total. The third kappa shape index (κ3) is 2.15. The van der Waals surface area contributed by atoms with Crippen LogP contribution in [0.15, 0.2) is 18.2 Å².